The number of aliphatic hydroxyl groups is 4. The molecule has 0 bridgehead atoms. The molecular weight excluding hydrogens is 529 g/mol. The lowest BCUT2D eigenvalue weighted by atomic mass is 9.60. The number of carbonyl (C=O) groups excluding carboxylic acids is 5. The first-order chi connectivity index (χ1) is 16.8. The number of alkyl halides is 3. The molecule has 4 N–H and O–H groups in total. The Labute approximate surface area is 211 Å². The summed E-state index contributed by atoms with van der Waals surface area (Å²) in [6.45, 7) is 2.20. The van der Waals surface area contributed by atoms with Crippen molar-refractivity contribution in [3.05, 3.63) is 34.2 Å². The van der Waals surface area contributed by atoms with Gasteiger partial charge < -0.3 is 29.9 Å². The lowest BCUT2D eigenvalue weighted by Gasteiger charge is -2.57. The van der Waals surface area contributed by atoms with Crippen LogP contribution in [0.2, 0.25) is 0 Å². The van der Waals surface area contributed by atoms with Crippen LogP contribution in [0.15, 0.2) is 29.3 Å². The molecule has 11 nitrogen and oxygen atoms in total. The zero-order chi connectivity index (χ0) is 28.7. The van der Waals surface area contributed by atoms with E-state index in [1.54, 1.807) is 0 Å². The largest absolute Gasteiger partial charge is 0.456 e. The van der Waals surface area contributed by atoms with Crippen LogP contribution in [-0.2, 0) is 28.7 Å². The third kappa shape index (κ3) is 4.78. The molecule has 15 heteroatoms. The zero-order valence-corrected chi connectivity index (χ0v) is 20.5. The van der Waals surface area contributed by atoms with Gasteiger partial charge in [-0.2, -0.15) is 13.2 Å². The van der Waals surface area contributed by atoms with Crippen molar-refractivity contribution in [3.63, 3.8) is 0 Å². The van der Waals surface area contributed by atoms with Crippen molar-refractivity contribution in [1.82, 2.24) is 0 Å². The summed E-state index contributed by atoms with van der Waals surface area (Å²) in [5.41, 5.74) is -11.7. The Morgan fingerprint density at radius 3 is 1.95 bits per heavy atom. The molecule has 0 aliphatic carbocycles. The second-order valence-electron chi connectivity index (χ2n) is 8.32. The van der Waals surface area contributed by atoms with Gasteiger partial charge in [0.15, 0.2) is 34.5 Å². The summed E-state index contributed by atoms with van der Waals surface area (Å²) in [7, 11) is 0. The molecule has 1 aliphatic heterocycles. The molecule has 1 saturated heterocycles. The second-order valence-corrected chi connectivity index (χ2v) is 9.27. The summed E-state index contributed by atoms with van der Waals surface area (Å²) < 4.78 is 51.2. The summed E-state index contributed by atoms with van der Waals surface area (Å²) in [5.74, 6) is -9.70. The van der Waals surface area contributed by atoms with Gasteiger partial charge in [-0.05, 0) is 39.1 Å². The SMILES string of the molecule is CC(=O)C(O)[C@H]1O[C@@H](OC(=CC(=O)c2cccs2)C(F)(F)F)[C@@](O)(C(C)=O)[C@](O)(C(C)=O)[C@]1(O)C(C)=O. The number of thiophene rings is 1. The Morgan fingerprint density at radius 1 is 1.03 bits per heavy atom. The van der Waals surface area contributed by atoms with Crippen molar-refractivity contribution in [2.24, 2.45) is 0 Å². The average molecular weight is 552 g/mol. The van der Waals surface area contributed by atoms with E-state index in [9.17, 15) is 57.6 Å². The minimum Gasteiger partial charge on any atom is -0.456 e. The fourth-order valence-electron chi connectivity index (χ4n) is 3.95. The maximum absolute atomic E-state index is 13.8. The molecule has 1 aromatic heterocycles. The molecule has 1 unspecified atom stereocenters. The van der Waals surface area contributed by atoms with Gasteiger partial charge in [-0.25, -0.2) is 0 Å². The number of hydrogen-bond acceptors (Lipinski definition) is 12. The average Bonchev–Trinajstić information content (AvgIpc) is 3.32. The van der Waals surface area contributed by atoms with E-state index in [1.807, 2.05) is 0 Å². The van der Waals surface area contributed by atoms with Crippen molar-refractivity contribution in [1.29, 1.82) is 0 Å². The van der Waals surface area contributed by atoms with E-state index in [1.165, 1.54) is 17.5 Å². The van der Waals surface area contributed by atoms with Crippen LogP contribution in [0, 0.1) is 0 Å². The lowest BCUT2D eigenvalue weighted by Crippen LogP contribution is -2.87. The monoisotopic (exact) mass is 552 g/mol. The number of ether oxygens (including phenoxy) is 2. The van der Waals surface area contributed by atoms with Gasteiger partial charge in [0.05, 0.1) is 4.88 Å². The molecule has 37 heavy (non-hydrogen) atoms. The highest BCUT2D eigenvalue weighted by atomic mass is 32.1. The highest BCUT2D eigenvalue weighted by molar-refractivity contribution is 7.12. The van der Waals surface area contributed by atoms with Gasteiger partial charge >= 0.3 is 6.18 Å². The van der Waals surface area contributed by atoms with E-state index >= 15 is 0 Å². The number of carbonyl (C=O) groups is 5. The molecule has 0 spiro atoms. The molecule has 204 valence electrons. The molecule has 6 atom stereocenters. The molecular formula is C22H23F3O11S. The Kier molecular flexibility index (Phi) is 8.34. The minimum atomic E-state index is -5.49. The third-order valence-corrected chi connectivity index (χ3v) is 6.84. The van der Waals surface area contributed by atoms with Gasteiger partial charge in [0.2, 0.25) is 23.3 Å². The Bertz CT molecular complexity index is 1150. The normalized spacial score (nSPS) is 31.4. The van der Waals surface area contributed by atoms with Crippen LogP contribution < -0.4 is 0 Å². The first-order valence-corrected chi connectivity index (χ1v) is 11.2. The second kappa shape index (κ2) is 10.2. The van der Waals surface area contributed by atoms with Crippen LogP contribution >= 0.6 is 11.3 Å². The maximum Gasteiger partial charge on any atom is 0.449 e. The smallest absolute Gasteiger partial charge is 0.449 e. The summed E-state index contributed by atoms with van der Waals surface area (Å²) in [4.78, 5) is 61.7. The molecule has 0 amide bonds. The first kappa shape index (κ1) is 30.4. The van der Waals surface area contributed by atoms with Crippen LogP contribution in [0.4, 0.5) is 13.2 Å². The van der Waals surface area contributed by atoms with E-state index in [0.717, 1.165) is 11.3 Å². The van der Waals surface area contributed by atoms with Crippen molar-refractivity contribution < 1.29 is 67.0 Å². The van der Waals surface area contributed by atoms with Crippen LogP contribution in [0.5, 0.6) is 0 Å². The van der Waals surface area contributed by atoms with Crippen molar-refractivity contribution in [3.8, 4) is 0 Å². The first-order valence-electron chi connectivity index (χ1n) is 10.3. The Hall–Kier alpha value is -2.82. The van der Waals surface area contributed by atoms with Gasteiger partial charge in [-0.1, -0.05) is 6.07 Å². The fourth-order valence-corrected chi connectivity index (χ4v) is 4.58. The summed E-state index contributed by atoms with van der Waals surface area (Å²) in [6.07, 6.45) is -13.9. The van der Waals surface area contributed by atoms with Crippen LogP contribution in [-0.4, -0.2) is 90.8 Å². The summed E-state index contributed by atoms with van der Waals surface area (Å²) >= 11 is 0.771. The molecule has 2 rings (SSSR count). The van der Waals surface area contributed by atoms with Crippen molar-refractivity contribution >= 4 is 40.3 Å². The Morgan fingerprint density at radius 2 is 1.57 bits per heavy atom. The van der Waals surface area contributed by atoms with Gasteiger partial charge in [0.25, 0.3) is 0 Å². The topological polar surface area (TPSA) is 185 Å². The lowest BCUT2D eigenvalue weighted by molar-refractivity contribution is -0.371. The molecule has 0 saturated carbocycles. The number of hydrogen-bond donors (Lipinski definition) is 4. The Balaban J connectivity index is 2.84. The molecule has 0 aromatic carbocycles. The molecule has 0 radical (unpaired) electrons. The summed E-state index contributed by atoms with van der Waals surface area (Å²) in [5, 5.41) is 45.4. The molecule has 1 aliphatic rings. The van der Waals surface area contributed by atoms with Gasteiger partial charge in [0, 0.05) is 6.08 Å². The zero-order valence-electron chi connectivity index (χ0n) is 19.7. The van der Waals surface area contributed by atoms with E-state index in [0.29, 0.717) is 27.7 Å². The van der Waals surface area contributed by atoms with Gasteiger partial charge in [-0.3, -0.25) is 24.0 Å². The van der Waals surface area contributed by atoms with Crippen LogP contribution in [0.1, 0.15) is 37.4 Å². The van der Waals surface area contributed by atoms with E-state index in [2.05, 4.69) is 4.74 Å². The number of rotatable bonds is 9. The number of Topliss-reactive ketones (excluding diaryl/α,β-unsaturated/α-hetero) is 4. The fraction of sp³-hybridized carbons (Fsp3) is 0.500. The van der Waals surface area contributed by atoms with Gasteiger partial charge in [0.1, 0.15) is 12.2 Å². The summed E-state index contributed by atoms with van der Waals surface area (Å²) in [6, 6.07) is 2.54. The van der Waals surface area contributed by atoms with E-state index < -0.39 is 76.2 Å². The van der Waals surface area contributed by atoms with Crippen molar-refractivity contribution in [2.75, 3.05) is 0 Å². The predicted molar refractivity (Wildman–Crippen MR) is 116 cm³/mol. The van der Waals surface area contributed by atoms with Crippen LogP contribution in [0.3, 0.4) is 0 Å². The van der Waals surface area contributed by atoms with E-state index in [4.69, 9.17) is 4.74 Å². The van der Waals surface area contributed by atoms with Gasteiger partial charge in [-0.15, -0.1) is 11.3 Å². The highest BCUT2D eigenvalue weighted by Gasteiger charge is 2.80. The molecule has 2 heterocycles. The molecule has 1 fully saturated rings. The quantitative estimate of drug-likeness (QED) is 0.184. The third-order valence-electron chi connectivity index (χ3n) is 5.95. The maximum atomic E-state index is 13.8. The van der Waals surface area contributed by atoms with E-state index in [-0.39, 0.29) is 11.0 Å². The number of aliphatic hydroxyl groups excluding tert-OH is 1. The standard InChI is InChI=1S/C22H23F3O11S/c1-9(26)16(31)17-19(32,10(2)27)21(34,12(4)29)20(33,11(3)28)18(36-17)35-15(22(23,24)25)8-13(30)14-6-5-7-37-14/h5-8,16-18,31-34H,1-4H3/t16?,17-,18-,19+,20+,21+/m1/s1. The number of halogens is 3. The highest BCUT2D eigenvalue weighted by Crippen LogP contribution is 2.49. The molecule has 1 aromatic rings. The predicted octanol–water partition coefficient (Wildman–Crippen LogP) is 0.0287. The minimum absolute atomic E-state index is 0.0647. The number of allylic oxidation sites excluding steroid dienone is 2. The van der Waals surface area contributed by atoms with Crippen molar-refractivity contribution in [2.45, 2.75) is 69.2 Å². The number of ketones is 5. The van der Waals surface area contributed by atoms with Crippen LogP contribution in [0.25, 0.3) is 0 Å².